The quantitative estimate of drug-likeness (QED) is 0.554. The van der Waals surface area contributed by atoms with Crippen LogP contribution in [0.25, 0.3) is 0 Å². The van der Waals surface area contributed by atoms with Crippen molar-refractivity contribution in [3.05, 3.63) is 12.2 Å². The molecule has 2 unspecified atom stereocenters. The second-order valence-corrected chi connectivity index (χ2v) is 3.63. The third kappa shape index (κ3) is 3.91. The molecule has 2 atom stereocenters. The molecule has 0 saturated heterocycles. The fourth-order valence-corrected chi connectivity index (χ4v) is 1.32. The van der Waals surface area contributed by atoms with Gasteiger partial charge in [0.1, 0.15) is 0 Å². The minimum Gasteiger partial charge on any atom is -0.389 e. The Bertz CT molecular complexity index is 117. The van der Waals surface area contributed by atoms with Gasteiger partial charge in [-0.3, -0.25) is 0 Å². The molecule has 1 heteroatoms. The van der Waals surface area contributed by atoms with E-state index in [1.54, 1.807) is 0 Å². The van der Waals surface area contributed by atoms with Gasteiger partial charge in [0, 0.05) is 0 Å². The van der Waals surface area contributed by atoms with Crippen LogP contribution in [-0.4, -0.2) is 11.2 Å². The van der Waals surface area contributed by atoms with Crippen molar-refractivity contribution in [1.29, 1.82) is 0 Å². The van der Waals surface area contributed by atoms with Crippen molar-refractivity contribution >= 4 is 0 Å². The van der Waals surface area contributed by atoms with Gasteiger partial charge < -0.3 is 5.11 Å². The molecule has 1 nitrogen and oxygen atoms in total. The Morgan fingerprint density at radius 1 is 1.42 bits per heavy atom. The Balaban J connectivity index is 0.000000354. The molecule has 0 aliphatic heterocycles. The van der Waals surface area contributed by atoms with Crippen LogP contribution >= 0.6 is 0 Å². The second-order valence-electron chi connectivity index (χ2n) is 3.63. The maximum Gasteiger partial charge on any atom is 0.0750 e. The number of aliphatic hydroxyl groups excluding tert-OH is 1. The van der Waals surface area contributed by atoms with Crippen molar-refractivity contribution < 1.29 is 5.11 Å². The van der Waals surface area contributed by atoms with E-state index in [0.717, 1.165) is 18.4 Å². The molecule has 1 fully saturated rings. The lowest BCUT2D eigenvalue weighted by molar-refractivity contribution is 0.164. The summed E-state index contributed by atoms with van der Waals surface area (Å²) in [5, 5.41) is 9.25. The number of aliphatic hydroxyl groups is 1. The summed E-state index contributed by atoms with van der Waals surface area (Å²) in [6, 6.07) is 0. The van der Waals surface area contributed by atoms with Gasteiger partial charge >= 0.3 is 0 Å². The minimum atomic E-state index is -0.214. The molecule has 12 heavy (non-hydrogen) atoms. The smallest absolute Gasteiger partial charge is 0.0750 e. The van der Waals surface area contributed by atoms with Gasteiger partial charge in [0.15, 0.2) is 0 Å². The lowest BCUT2D eigenvalue weighted by Gasteiger charge is -2.25. The minimum absolute atomic E-state index is 0.214. The van der Waals surface area contributed by atoms with Crippen LogP contribution in [-0.2, 0) is 0 Å². The first-order valence-corrected chi connectivity index (χ1v) is 5.00. The molecule has 0 aromatic heterocycles. The van der Waals surface area contributed by atoms with Crippen LogP contribution in [0.5, 0.6) is 0 Å². The summed E-state index contributed by atoms with van der Waals surface area (Å²) >= 11 is 0. The highest BCUT2D eigenvalue weighted by molar-refractivity contribution is 5.08. The molecule has 1 aliphatic carbocycles. The zero-order valence-corrected chi connectivity index (χ0v) is 8.64. The van der Waals surface area contributed by atoms with Gasteiger partial charge in [0.2, 0.25) is 0 Å². The van der Waals surface area contributed by atoms with Crippen LogP contribution in [0.1, 0.15) is 46.5 Å². The molecule has 1 N–H and O–H groups in total. The van der Waals surface area contributed by atoms with E-state index in [1.165, 1.54) is 12.8 Å². The first kappa shape index (κ1) is 11.7. The highest BCUT2D eigenvalue weighted by Crippen LogP contribution is 2.27. The average Bonchev–Trinajstić information content (AvgIpc) is 2.02. The van der Waals surface area contributed by atoms with Crippen LogP contribution in [0.3, 0.4) is 0 Å². The van der Waals surface area contributed by atoms with Crippen LogP contribution in [0.4, 0.5) is 0 Å². The molecular weight excluding hydrogens is 148 g/mol. The molecular formula is C11H22O. The van der Waals surface area contributed by atoms with E-state index in [0.29, 0.717) is 5.92 Å². The Labute approximate surface area is 76.5 Å². The van der Waals surface area contributed by atoms with Crippen molar-refractivity contribution in [1.82, 2.24) is 0 Å². The lowest BCUT2D eigenvalue weighted by Crippen LogP contribution is -2.20. The zero-order valence-electron chi connectivity index (χ0n) is 8.64. The van der Waals surface area contributed by atoms with Crippen molar-refractivity contribution in [2.45, 2.75) is 52.6 Å². The van der Waals surface area contributed by atoms with Gasteiger partial charge in [0.25, 0.3) is 0 Å². The van der Waals surface area contributed by atoms with E-state index >= 15 is 0 Å². The van der Waals surface area contributed by atoms with Gasteiger partial charge in [-0.05, 0) is 30.8 Å². The van der Waals surface area contributed by atoms with E-state index in [-0.39, 0.29) is 6.10 Å². The van der Waals surface area contributed by atoms with Gasteiger partial charge in [-0.2, -0.15) is 0 Å². The fourth-order valence-electron chi connectivity index (χ4n) is 1.32. The lowest BCUT2D eigenvalue weighted by atomic mass is 9.85. The fraction of sp³-hybridized carbons (Fsp3) is 0.818. The molecule has 72 valence electrons. The highest BCUT2D eigenvalue weighted by Gasteiger charge is 2.19. The second kappa shape index (κ2) is 6.24. The van der Waals surface area contributed by atoms with Gasteiger partial charge in [0.05, 0.1) is 6.10 Å². The zero-order chi connectivity index (χ0) is 9.56. The summed E-state index contributed by atoms with van der Waals surface area (Å²) in [6.45, 7) is 10.2. The number of rotatable bonds is 0. The van der Waals surface area contributed by atoms with E-state index in [4.69, 9.17) is 0 Å². The number of hydrogen-bond donors (Lipinski definition) is 1. The normalized spacial score (nSPS) is 29.2. The Hall–Kier alpha value is -0.300. The molecule has 0 aromatic carbocycles. The largest absolute Gasteiger partial charge is 0.389 e. The average molecular weight is 170 g/mol. The molecule has 0 amide bonds. The van der Waals surface area contributed by atoms with Gasteiger partial charge in [-0.15, -0.1) is 0 Å². The Morgan fingerprint density at radius 2 is 1.92 bits per heavy atom. The van der Waals surface area contributed by atoms with Crippen LogP contribution in [0.2, 0.25) is 0 Å². The number of hydrogen-bond acceptors (Lipinski definition) is 1. The van der Waals surface area contributed by atoms with Crippen LogP contribution in [0, 0.1) is 5.92 Å². The maximum absolute atomic E-state index is 9.25. The monoisotopic (exact) mass is 170 g/mol. The topological polar surface area (TPSA) is 20.2 Å². The SMILES string of the molecule is C=C1C(C)CCCC1O.CCC. The predicted octanol–water partition coefficient (Wildman–Crippen LogP) is 3.14. The summed E-state index contributed by atoms with van der Waals surface area (Å²) in [7, 11) is 0. The van der Waals surface area contributed by atoms with E-state index < -0.39 is 0 Å². The van der Waals surface area contributed by atoms with Gasteiger partial charge in [-0.1, -0.05) is 33.8 Å². The Kier molecular flexibility index (Phi) is 6.09. The standard InChI is InChI=1S/C8H14O.C3H8/c1-6-4-3-5-8(9)7(6)2;1-3-2/h6,8-9H,2-5H2,1H3;3H2,1-2H3. The summed E-state index contributed by atoms with van der Waals surface area (Å²) in [5.41, 5.74) is 1.03. The summed E-state index contributed by atoms with van der Waals surface area (Å²) in [5.74, 6) is 0.536. The van der Waals surface area contributed by atoms with E-state index in [9.17, 15) is 5.11 Å². The van der Waals surface area contributed by atoms with E-state index in [1.807, 2.05) is 0 Å². The predicted molar refractivity (Wildman–Crippen MR) is 54.1 cm³/mol. The molecule has 1 saturated carbocycles. The molecule has 0 aromatic rings. The summed E-state index contributed by atoms with van der Waals surface area (Å²) in [6.07, 6.45) is 4.31. The highest BCUT2D eigenvalue weighted by atomic mass is 16.3. The van der Waals surface area contributed by atoms with Crippen LogP contribution in [0.15, 0.2) is 12.2 Å². The molecule has 0 radical (unpaired) electrons. The summed E-state index contributed by atoms with van der Waals surface area (Å²) in [4.78, 5) is 0. The third-order valence-electron chi connectivity index (χ3n) is 2.18. The van der Waals surface area contributed by atoms with Crippen LogP contribution < -0.4 is 0 Å². The molecule has 1 rings (SSSR count). The first-order valence-electron chi connectivity index (χ1n) is 5.00. The van der Waals surface area contributed by atoms with Gasteiger partial charge in [-0.25, -0.2) is 0 Å². The van der Waals surface area contributed by atoms with Crippen molar-refractivity contribution in [3.8, 4) is 0 Å². The van der Waals surface area contributed by atoms with Crippen molar-refractivity contribution in [2.75, 3.05) is 0 Å². The molecule has 0 bridgehead atoms. The first-order chi connectivity index (χ1) is 5.63. The summed E-state index contributed by atoms with van der Waals surface area (Å²) < 4.78 is 0. The molecule has 0 spiro atoms. The maximum atomic E-state index is 9.25. The van der Waals surface area contributed by atoms with E-state index in [2.05, 4.69) is 27.4 Å². The molecule has 0 heterocycles. The third-order valence-corrected chi connectivity index (χ3v) is 2.18. The van der Waals surface area contributed by atoms with Crippen molar-refractivity contribution in [3.63, 3.8) is 0 Å². The van der Waals surface area contributed by atoms with Crippen molar-refractivity contribution in [2.24, 2.45) is 5.92 Å². The molecule has 1 aliphatic rings. The Morgan fingerprint density at radius 3 is 2.25 bits per heavy atom.